The third kappa shape index (κ3) is 3.21. The van der Waals surface area contributed by atoms with Crippen LogP contribution in [0.1, 0.15) is 23.4 Å². The van der Waals surface area contributed by atoms with Gasteiger partial charge in [-0.2, -0.15) is 4.98 Å². The molecule has 0 unspecified atom stereocenters. The van der Waals surface area contributed by atoms with Gasteiger partial charge in [0.05, 0.1) is 12.3 Å². The molecule has 1 aromatic heterocycles. The summed E-state index contributed by atoms with van der Waals surface area (Å²) in [6, 6.07) is 7.03. The molecule has 2 rings (SSSR count). The van der Waals surface area contributed by atoms with Gasteiger partial charge in [0.15, 0.2) is 6.61 Å². The summed E-state index contributed by atoms with van der Waals surface area (Å²) in [5, 5.41) is 3.50. The minimum atomic E-state index is -0.628. The van der Waals surface area contributed by atoms with Crippen LogP contribution in [0.15, 0.2) is 28.8 Å². The molecule has 0 aliphatic heterocycles. The van der Waals surface area contributed by atoms with Gasteiger partial charge in [-0.05, 0) is 24.2 Å². The van der Waals surface area contributed by atoms with Gasteiger partial charge in [-0.25, -0.2) is 4.79 Å². The summed E-state index contributed by atoms with van der Waals surface area (Å²) in [4.78, 5) is 15.2. The number of aromatic nitrogens is 2. The largest absolute Gasteiger partial charge is 0.482 e. The number of rotatable bonds is 5. The fourth-order valence-corrected chi connectivity index (χ4v) is 1.34. The predicted molar refractivity (Wildman–Crippen MR) is 65.4 cm³/mol. The van der Waals surface area contributed by atoms with Gasteiger partial charge in [0.1, 0.15) is 5.75 Å². The van der Waals surface area contributed by atoms with E-state index in [1.807, 2.05) is 0 Å². The molecule has 100 valence electrons. The van der Waals surface area contributed by atoms with E-state index in [1.165, 1.54) is 0 Å². The van der Waals surface area contributed by atoms with Crippen LogP contribution in [-0.4, -0.2) is 22.7 Å². The average Bonchev–Trinajstić information content (AvgIpc) is 2.87. The molecule has 0 radical (unpaired) electrons. The molecule has 2 aromatic rings. The molecule has 0 spiro atoms. The van der Waals surface area contributed by atoms with Crippen molar-refractivity contribution in [3.8, 4) is 5.75 Å². The van der Waals surface area contributed by atoms with E-state index in [-0.39, 0.29) is 24.9 Å². The second-order valence-corrected chi connectivity index (χ2v) is 3.56. The molecule has 0 amide bonds. The smallest absolute Gasteiger partial charge is 0.379 e. The second-order valence-electron chi connectivity index (χ2n) is 3.56. The number of esters is 1. The van der Waals surface area contributed by atoms with E-state index in [9.17, 15) is 4.79 Å². The molecule has 0 bridgehead atoms. The van der Waals surface area contributed by atoms with Crippen LogP contribution in [0.4, 0.5) is 5.69 Å². The average molecular weight is 263 g/mol. The molecule has 2 N–H and O–H groups in total. The Labute approximate surface area is 109 Å². The third-order valence-corrected chi connectivity index (χ3v) is 2.20. The fourth-order valence-electron chi connectivity index (χ4n) is 1.34. The first kappa shape index (κ1) is 12.9. The van der Waals surface area contributed by atoms with Gasteiger partial charge in [-0.15, -0.1) is 0 Å². The summed E-state index contributed by atoms with van der Waals surface area (Å²) >= 11 is 0. The number of nitrogen functional groups attached to an aromatic ring is 1. The fraction of sp³-hybridized carbons (Fsp3) is 0.250. The molecule has 0 atom stereocenters. The zero-order chi connectivity index (χ0) is 13.7. The molecule has 19 heavy (non-hydrogen) atoms. The van der Waals surface area contributed by atoms with Gasteiger partial charge in [-0.3, -0.25) is 0 Å². The highest BCUT2D eigenvalue weighted by atomic mass is 16.5. The van der Waals surface area contributed by atoms with Crippen LogP contribution in [0.3, 0.4) is 0 Å². The van der Waals surface area contributed by atoms with Crippen molar-refractivity contribution >= 4 is 11.7 Å². The summed E-state index contributed by atoms with van der Waals surface area (Å²) in [5.41, 5.74) is 6.22. The van der Waals surface area contributed by atoms with Crippen LogP contribution >= 0.6 is 0 Å². The Morgan fingerprint density at radius 2 is 2.21 bits per heavy atom. The molecule has 1 aromatic carbocycles. The van der Waals surface area contributed by atoms with Crippen LogP contribution in [-0.2, 0) is 11.3 Å². The lowest BCUT2D eigenvalue weighted by atomic mass is 10.3. The zero-order valence-electron chi connectivity index (χ0n) is 10.3. The lowest BCUT2D eigenvalue weighted by Crippen LogP contribution is -2.07. The first-order chi connectivity index (χ1) is 9.20. The number of hydrogen-bond donors (Lipinski definition) is 1. The minimum absolute atomic E-state index is 0.0284. The van der Waals surface area contributed by atoms with E-state index in [1.54, 1.807) is 31.2 Å². The van der Waals surface area contributed by atoms with Gasteiger partial charge in [0, 0.05) is 0 Å². The van der Waals surface area contributed by atoms with Crippen LogP contribution < -0.4 is 10.5 Å². The number of nitrogens with two attached hydrogens (primary N) is 1. The normalized spacial score (nSPS) is 10.2. The standard InChI is InChI=1S/C12H13N3O4/c1-2-17-12(16)11-14-10(19-15-11)7-18-9-6-4-3-5-8(9)13/h3-6H,2,7,13H2,1H3. The summed E-state index contributed by atoms with van der Waals surface area (Å²) in [6.45, 7) is 1.97. The van der Waals surface area contributed by atoms with E-state index < -0.39 is 5.97 Å². The van der Waals surface area contributed by atoms with Gasteiger partial charge >= 0.3 is 5.97 Å². The number of hydrogen-bond acceptors (Lipinski definition) is 7. The highest BCUT2D eigenvalue weighted by Gasteiger charge is 2.15. The Bertz CT molecular complexity index is 568. The molecular formula is C12H13N3O4. The first-order valence-electron chi connectivity index (χ1n) is 5.67. The number of benzene rings is 1. The van der Waals surface area contributed by atoms with Crippen molar-refractivity contribution in [1.29, 1.82) is 0 Å². The van der Waals surface area contributed by atoms with Crippen LogP contribution in [0.5, 0.6) is 5.75 Å². The number of para-hydroxylation sites is 2. The topological polar surface area (TPSA) is 100 Å². The van der Waals surface area contributed by atoms with Crippen molar-refractivity contribution in [2.24, 2.45) is 0 Å². The highest BCUT2D eigenvalue weighted by Crippen LogP contribution is 2.20. The Morgan fingerprint density at radius 3 is 2.95 bits per heavy atom. The number of anilines is 1. The molecule has 7 nitrogen and oxygen atoms in total. The quantitative estimate of drug-likeness (QED) is 0.642. The van der Waals surface area contributed by atoms with E-state index in [0.29, 0.717) is 11.4 Å². The second kappa shape index (κ2) is 5.85. The molecule has 0 fully saturated rings. The van der Waals surface area contributed by atoms with Crippen molar-refractivity contribution < 1.29 is 18.8 Å². The van der Waals surface area contributed by atoms with Crippen LogP contribution in [0.25, 0.3) is 0 Å². The molecular weight excluding hydrogens is 250 g/mol. The molecule has 0 aliphatic rings. The molecule has 0 saturated heterocycles. The van der Waals surface area contributed by atoms with Crippen molar-refractivity contribution in [2.75, 3.05) is 12.3 Å². The summed E-state index contributed by atoms with van der Waals surface area (Å²) < 4.78 is 15.0. The SMILES string of the molecule is CCOC(=O)c1noc(COc2ccccc2N)n1. The lowest BCUT2D eigenvalue weighted by molar-refractivity contribution is 0.0508. The number of carbonyl (C=O) groups is 1. The third-order valence-electron chi connectivity index (χ3n) is 2.20. The Kier molecular flexibility index (Phi) is 3.97. The van der Waals surface area contributed by atoms with Crippen molar-refractivity contribution in [3.05, 3.63) is 36.0 Å². The monoisotopic (exact) mass is 263 g/mol. The van der Waals surface area contributed by atoms with E-state index in [0.717, 1.165) is 0 Å². The summed E-state index contributed by atoms with van der Waals surface area (Å²) in [7, 11) is 0. The Morgan fingerprint density at radius 1 is 1.42 bits per heavy atom. The van der Waals surface area contributed by atoms with Gasteiger partial charge in [-0.1, -0.05) is 12.1 Å². The Hall–Kier alpha value is -2.57. The maximum Gasteiger partial charge on any atom is 0.379 e. The Balaban J connectivity index is 1.97. The van der Waals surface area contributed by atoms with Crippen molar-refractivity contribution in [1.82, 2.24) is 10.1 Å². The number of ether oxygens (including phenoxy) is 2. The van der Waals surface area contributed by atoms with Gasteiger partial charge in [0.2, 0.25) is 0 Å². The lowest BCUT2D eigenvalue weighted by Gasteiger charge is -2.05. The molecule has 0 saturated carbocycles. The van der Waals surface area contributed by atoms with Crippen molar-refractivity contribution in [3.63, 3.8) is 0 Å². The van der Waals surface area contributed by atoms with Gasteiger partial charge in [0.25, 0.3) is 11.7 Å². The zero-order valence-corrected chi connectivity index (χ0v) is 10.3. The maximum absolute atomic E-state index is 11.3. The minimum Gasteiger partial charge on any atom is -0.482 e. The van der Waals surface area contributed by atoms with Crippen LogP contribution in [0.2, 0.25) is 0 Å². The van der Waals surface area contributed by atoms with Gasteiger partial charge < -0.3 is 19.7 Å². The van der Waals surface area contributed by atoms with Crippen molar-refractivity contribution in [2.45, 2.75) is 13.5 Å². The van der Waals surface area contributed by atoms with E-state index in [2.05, 4.69) is 10.1 Å². The first-order valence-corrected chi connectivity index (χ1v) is 5.67. The summed E-state index contributed by atoms with van der Waals surface area (Å²) in [6.07, 6.45) is 0. The number of carbonyl (C=O) groups excluding carboxylic acids is 1. The molecule has 1 heterocycles. The van der Waals surface area contributed by atoms with Crippen LogP contribution in [0, 0.1) is 0 Å². The summed E-state index contributed by atoms with van der Waals surface area (Å²) in [5.74, 6) is -0.0668. The maximum atomic E-state index is 11.3. The molecule has 7 heteroatoms. The van der Waals surface area contributed by atoms with E-state index >= 15 is 0 Å². The van der Waals surface area contributed by atoms with E-state index in [4.69, 9.17) is 19.7 Å². The predicted octanol–water partition coefficient (Wildman–Crippen LogP) is 1.41. The molecule has 0 aliphatic carbocycles. The highest BCUT2D eigenvalue weighted by molar-refractivity contribution is 5.84. The number of nitrogens with zero attached hydrogens (tertiary/aromatic N) is 2.